The van der Waals surface area contributed by atoms with Crippen molar-refractivity contribution in [3.8, 4) is 0 Å². The first-order valence-corrected chi connectivity index (χ1v) is 8.46. The number of amides is 2. The molecule has 0 saturated carbocycles. The van der Waals surface area contributed by atoms with Crippen molar-refractivity contribution in [3.05, 3.63) is 11.8 Å². The van der Waals surface area contributed by atoms with E-state index in [0.29, 0.717) is 23.4 Å². The summed E-state index contributed by atoms with van der Waals surface area (Å²) in [5.41, 5.74) is 0. The van der Waals surface area contributed by atoms with Gasteiger partial charge in [0.05, 0.1) is 11.5 Å². The minimum Gasteiger partial charge on any atom is -0.360 e. The van der Waals surface area contributed by atoms with Gasteiger partial charge < -0.3 is 20.1 Å². The average Bonchev–Trinajstić information content (AvgIpc) is 2.86. The molecule has 2 amide bonds. The van der Waals surface area contributed by atoms with E-state index in [4.69, 9.17) is 4.52 Å². The van der Waals surface area contributed by atoms with Crippen LogP contribution in [0.15, 0.2) is 10.6 Å². The SMILES string of the molecule is Cc1cc(NC(=O)CSCC(=O)N2CCNC(C)C2C)no1.Cl. The Bertz CT molecular complexity index is 540. The molecule has 7 nitrogen and oxygen atoms in total. The third kappa shape index (κ3) is 5.71. The lowest BCUT2D eigenvalue weighted by Crippen LogP contribution is -2.57. The van der Waals surface area contributed by atoms with E-state index < -0.39 is 0 Å². The number of rotatable bonds is 5. The molecule has 1 fully saturated rings. The number of aromatic nitrogens is 1. The van der Waals surface area contributed by atoms with Crippen LogP contribution in [0.4, 0.5) is 5.82 Å². The highest BCUT2D eigenvalue weighted by Gasteiger charge is 2.27. The molecule has 9 heteroatoms. The summed E-state index contributed by atoms with van der Waals surface area (Å²) in [4.78, 5) is 25.8. The van der Waals surface area contributed by atoms with Crippen LogP contribution in [-0.4, -0.2) is 58.5 Å². The number of hydrogen-bond donors (Lipinski definition) is 2. The predicted molar refractivity (Wildman–Crippen MR) is 93.1 cm³/mol. The molecule has 23 heavy (non-hydrogen) atoms. The van der Waals surface area contributed by atoms with E-state index in [2.05, 4.69) is 22.7 Å². The molecular weight excluding hydrogens is 340 g/mol. The maximum atomic E-state index is 12.2. The zero-order valence-corrected chi connectivity index (χ0v) is 15.1. The summed E-state index contributed by atoms with van der Waals surface area (Å²) in [6, 6.07) is 2.12. The molecule has 1 aromatic heterocycles. The largest absolute Gasteiger partial charge is 0.360 e. The summed E-state index contributed by atoms with van der Waals surface area (Å²) in [6.07, 6.45) is 0. The summed E-state index contributed by atoms with van der Waals surface area (Å²) < 4.78 is 4.87. The van der Waals surface area contributed by atoms with Crippen molar-refractivity contribution in [2.45, 2.75) is 32.9 Å². The van der Waals surface area contributed by atoms with Gasteiger partial charge in [0, 0.05) is 31.2 Å². The zero-order chi connectivity index (χ0) is 16.1. The lowest BCUT2D eigenvalue weighted by molar-refractivity contribution is -0.131. The fourth-order valence-electron chi connectivity index (χ4n) is 2.33. The maximum Gasteiger partial charge on any atom is 0.235 e. The van der Waals surface area contributed by atoms with Crippen LogP contribution in [0.3, 0.4) is 0 Å². The molecule has 1 aliphatic heterocycles. The van der Waals surface area contributed by atoms with E-state index >= 15 is 0 Å². The van der Waals surface area contributed by atoms with E-state index in [1.807, 2.05) is 11.8 Å². The number of nitrogens with one attached hydrogen (secondary N) is 2. The molecule has 2 rings (SSSR count). The number of thioether (sulfide) groups is 1. The van der Waals surface area contributed by atoms with E-state index in [1.165, 1.54) is 11.8 Å². The van der Waals surface area contributed by atoms with Crippen molar-refractivity contribution in [2.24, 2.45) is 0 Å². The first-order chi connectivity index (χ1) is 10.5. The number of halogens is 1. The van der Waals surface area contributed by atoms with Gasteiger partial charge in [-0.1, -0.05) is 5.16 Å². The Kier molecular flexibility index (Phi) is 7.87. The van der Waals surface area contributed by atoms with Gasteiger partial charge in [0.25, 0.3) is 0 Å². The summed E-state index contributed by atoms with van der Waals surface area (Å²) >= 11 is 1.31. The lowest BCUT2D eigenvalue weighted by Gasteiger charge is -2.38. The average molecular weight is 363 g/mol. The van der Waals surface area contributed by atoms with Crippen LogP contribution in [0.2, 0.25) is 0 Å². The third-order valence-electron chi connectivity index (χ3n) is 3.71. The zero-order valence-electron chi connectivity index (χ0n) is 13.5. The van der Waals surface area contributed by atoms with Crippen molar-refractivity contribution in [3.63, 3.8) is 0 Å². The topological polar surface area (TPSA) is 87.5 Å². The molecule has 2 atom stereocenters. The van der Waals surface area contributed by atoms with Crippen molar-refractivity contribution in [1.82, 2.24) is 15.4 Å². The van der Waals surface area contributed by atoms with Crippen LogP contribution in [-0.2, 0) is 9.59 Å². The van der Waals surface area contributed by atoms with Crippen LogP contribution in [0.1, 0.15) is 19.6 Å². The molecule has 0 spiro atoms. The second-order valence-corrected chi connectivity index (χ2v) is 6.42. The van der Waals surface area contributed by atoms with Crippen LogP contribution < -0.4 is 10.6 Å². The molecule has 0 aromatic carbocycles. The number of carbonyl (C=O) groups is 2. The number of nitrogens with zero attached hydrogens (tertiary/aromatic N) is 2. The highest BCUT2D eigenvalue weighted by atomic mass is 35.5. The second kappa shape index (κ2) is 9.14. The monoisotopic (exact) mass is 362 g/mol. The van der Waals surface area contributed by atoms with Crippen LogP contribution in [0.25, 0.3) is 0 Å². The van der Waals surface area contributed by atoms with Crippen LogP contribution in [0.5, 0.6) is 0 Å². The van der Waals surface area contributed by atoms with Gasteiger partial charge >= 0.3 is 0 Å². The first kappa shape index (κ1) is 19.8. The molecule has 1 aliphatic rings. The number of aryl methyl sites for hydroxylation is 1. The van der Waals surface area contributed by atoms with Crippen LogP contribution in [0, 0.1) is 6.92 Å². The van der Waals surface area contributed by atoms with Gasteiger partial charge in [0.2, 0.25) is 11.8 Å². The van der Waals surface area contributed by atoms with Gasteiger partial charge in [-0.3, -0.25) is 9.59 Å². The van der Waals surface area contributed by atoms with Gasteiger partial charge in [0.1, 0.15) is 5.76 Å². The smallest absolute Gasteiger partial charge is 0.235 e. The molecule has 2 heterocycles. The van der Waals surface area contributed by atoms with E-state index in [1.54, 1.807) is 13.0 Å². The lowest BCUT2D eigenvalue weighted by atomic mass is 10.1. The highest BCUT2D eigenvalue weighted by molar-refractivity contribution is 8.00. The Morgan fingerprint density at radius 1 is 1.48 bits per heavy atom. The predicted octanol–water partition coefficient (Wildman–Crippen LogP) is 1.29. The highest BCUT2D eigenvalue weighted by Crippen LogP contribution is 2.13. The third-order valence-corrected chi connectivity index (χ3v) is 4.63. The standard InChI is InChI=1S/C14H22N4O3S.ClH/c1-9-6-12(17-21-9)16-13(19)7-22-8-14(20)18-5-4-15-10(2)11(18)3;/h6,10-11,15H,4-5,7-8H2,1-3H3,(H,16,17,19);1H. The number of hydrogen-bond acceptors (Lipinski definition) is 6. The quantitative estimate of drug-likeness (QED) is 0.820. The molecule has 0 bridgehead atoms. The van der Waals surface area contributed by atoms with Gasteiger partial charge in [0.15, 0.2) is 5.82 Å². The fourth-order valence-corrected chi connectivity index (χ4v) is 3.03. The Labute approximate surface area is 146 Å². The summed E-state index contributed by atoms with van der Waals surface area (Å²) in [5.74, 6) is 1.46. The van der Waals surface area contributed by atoms with E-state index in [-0.39, 0.29) is 36.0 Å². The number of piperazine rings is 1. The molecule has 1 aromatic rings. The van der Waals surface area contributed by atoms with Crippen molar-refractivity contribution in [2.75, 3.05) is 29.9 Å². The Hall–Kier alpha value is -1.25. The molecule has 130 valence electrons. The van der Waals surface area contributed by atoms with Crippen molar-refractivity contribution >= 4 is 41.8 Å². The number of carbonyl (C=O) groups excluding carboxylic acids is 2. The Balaban J connectivity index is 0.00000264. The molecule has 1 saturated heterocycles. The Morgan fingerprint density at radius 2 is 2.22 bits per heavy atom. The van der Waals surface area contributed by atoms with E-state index in [9.17, 15) is 9.59 Å². The van der Waals surface area contributed by atoms with Gasteiger partial charge in [-0.2, -0.15) is 0 Å². The normalized spacial score (nSPS) is 20.7. The summed E-state index contributed by atoms with van der Waals surface area (Å²) in [7, 11) is 0. The van der Waals surface area contributed by atoms with Gasteiger partial charge in [-0.25, -0.2) is 0 Å². The second-order valence-electron chi connectivity index (χ2n) is 5.43. The Morgan fingerprint density at radius 3 is 2.87 bits per heavy atom. The molecule has 2 N–H and O–H groups in total. The van der Waals surface area contributed by atoms with Crippen LogP contribution >= 0.6 is 24.2 Å². The van der Waals surface area contributed by atoms with Crippen molar-refractivity contribution < 1.29 is 14.1 Å². The fraction of sp³-hybridized carbons (Fsp3) is 0.643. The minimum absolute atomic E-state index is 0. The van der Waals surface area contributed by atoms with Gasteiger partial charge in [-0.05, 0) is 20.8 Å². The minimum atomic E-state index is -0.187. The molecule has 0 radical (unpaired) electrons. The maximum absolute atomic E-state index is 12.2. The molecular formula is C14H23ClN4O3S. The van der Waals surface area contributed by atoms with Crippen molar-refractivity contribution in [1.29, 1.82) is 0 Å². The number of anilines is 1. The first-order valence-electron chi connectivity index (χ1n) is 7.31. The molecule has 2 unspecified atom stereocenters. The summed E-state index contributed by atoms with van der Waals surface area (Å²) in [5, 5.41) is 9.66. The van der Waals surface area contributed by atoms with Gasteiger partial charge in [-0.15, -0.1) is 24.2 Å². The summed E-state index contributed by atoms with van der Waals surface area (Å²) in [6.45, 7) is 7.40. The molecule has 0 aliphatic carbocycles. The van der Waals surface area contributed by atoms with E-state index in [0.717, 1.165) is 13.1 Å².